The fourth-order valence-corrected chi connectivity index (χ4v) is 3.48. The van der Waals surface area contributed by atoms with Crippen molar-refractivity contribution in [3.05, 3.63) is 27.1 Å². The summed E-state index contributed by atoms with van der Waals surface area (Å²) < 4.78 is 3.09. The Bertz CT molecular complexity index is 468. The van der Waals surface area contributed by atoms with Crippen molar-refractivity contribution in [1.29, 1.82) is 0 Å². The molecular formula is C10H13BrN4S2. The lowest BCUT2D eigenvalue weighted by molar-refractivity contribution is 0.736. The Morgan fingerprint density at radius 3 is 3.12 bits per heavy atom. The van der Waals surface area contributed by atoms with Crippen molar-refractivity contribution < 1.29 is 0 Å². The predicted molar refractivity (Wildman–Crippen MR) is 75.5 cm³/mol. The lowest BCUT2D eigenvalue weighted by Crippen LogP contribution is -2.15. The van der Waals surface area contributed by atoms with Crippen molar-refractivity contribution >= 4 is 39.0 Å². The van der Waals surface area contributed by atoms with Gasteiger partial charge in [-0.2, -0.15) is 0 Å². The molecule has 0 saturated heterocycles. The molecule has 4 nitrogen and oxygen atoms in total. The van der Waals surface area contributed by atoms with Gasteiger partial charge in [0.15, 0.2) is 5.16 Å². The molecule has 1 N–H and O–H groups in total. The minimum absolute atomic E-state index is 0.926. The summed E-state index contributed by atoms with van der Waals surface area (Å²) in [5, 5.41) is 14.3. The van der Waals surface area contributed by atoms with E-state index in [0.29, 0.717) is 0 Å². The van der Waals surface area contributed by atoms with Crippen LogP contribution in [-0.4, -0.2) is 27.1 Å². The van der Waals surface area contributed by atoms with E-state index in [2.05, 4.69) is 42.9 Å². The van der Waals surface area contributed by atoms with Crippen LogP contribution in [0.3, 0.4) is 0 Å². The van der Waals surface area contributed by atoms with Crippen LogP contribution in [0.5, 0.6) is 0 Å². The Kier molecular flexibility index (Phi) is 5.02. The standard InChI is InChI=1S/C10H13BrN4S2/c1-15-7-13-14-10(15)16-3-2-12-5-9-4-8(11)6-17-9/h4,6-7,12H,2-3,5H2,1H3. The number of hydrogen-bond acceptors (Lipinski definition) is 5. The van der Waals surface area contributed by atoms with Gasteiger partial charge in [-0.05, 0) is 22.0 Å². The highest BCUT2D eigenvalue weighted by Gasteiger charge is 2.01. The lowest BCUT2D eigenvalue weighted by Gasteiger charge is -2.02. The van der Waals surface area contributed by atoms with Gasteiger partial charge in [0.25, 0.3) is 0 Å². The Labute approximate surface area is 117 Å². The van der Waals surface area contributed by atoms with Gasteiger partial charge in [-0.1, -0.05) is 11.8 Å². The molecule has 0 saturated carbocycles. The maximum atomic E-state index is 4.02. The van der Waals surface area contributed by atoms with E-state index in [1.165, 1.54) is 4.88 Å². The summed E-state index contributed by atoms with van der Waals surface area (Å²) in [6.45, 7) is 1.89. The number of nitrogens with zero attached hydrogens (tertiary/aromatic N) is 3. The predicted octanol–water partition coefficient (Wildman–Crippen LogP) is 2.52. The van der Waals surface area contributed by atoms with Crippen LogP contribution in [0.1, 0.15) is 4.88 Å². The van der Waals surface area contributed by atoms with Crippen LogP contribution in [0.4, 0.5) is 0 Å². The number of thioether (sulfide) groups is 1. The topological polar surface area (TPSA) is 42.7 Å². The molecule has 2 heterocycles. The zero-order valence-electron chi connectivity index (χ0n) is 9.39. The van der Waals surface area contributed by atoms with Crippen LogP contribution in [0.15, 0.2) is 27.4 Å². The van der Waals surface area contributed by atoms with E-state index in [-0.39, 0.29) is 0 Å². The van der Waals surface area contributed by atoms with E-state index in [1.807, 2.05) is 11.6 Å². The fraction of sp³-hybridized carbons (Fsp3) is 0.400. The van der Waals surface area contributed by atoms with E-state index in [1.54, 1.807) is 29.4 Å². The smallest absolute Gasteiger partial charge is 0.190 e. The number of hydrogen-bond donors (Lipinski definition) is 1. The maximum absolute atomic E-state index is 4.02. The van der Waals surface area contributed by atoms with Gasteiger partial charge in [0.2, 0.25) is 0 Å². The molecule has 2 rings (SSSR count). The Morgan fingerprint density at radius 1 is 1.59 bits per heavy atom. The zero-order chi connectivity index (χ0) is 12.1. The third kappa shape index (κ3) is 4.09. The van der Waals surface area contributed by atoms with Crippen molar-refractivity contribution in [2.45, 2.75) is 11.7 Å². The molecule has 0 aromatic carbocycles. The molecule has 0 radical (unpaired) electrons. The summed E-state index contributed by atoms with van der Waals surface area (Å²) in [6, 6.07) is 2.15. The van der Waals surface area contributed by atoms with Gasteiger partial charge in [0, 0.05) is 40.6 Å². The summed E-state index contributed by atoms with van der Waals surface area (Å²) in [5.74, 6) is 0.999. The molecule has 7 heteroatoms. The van der Waals surface area contributed by atoms with Gasteiger partial charge in [-0.3, -0.25) is 0 Å². The molecule has 0 aliphatic carbocycles. The largest absolute Gasteiger partial charge is 0.312 e. The van der Waals surface area contributed by atoms with Gasteiger partial charge in [-0.25, -0.2) is 0 Å². The van der Waals surface area contributed by atoms with Crippen molar-refractivity contribution in [3.63, 3.8) is 0 Å². The number of rotatable bonds is 6. The van der Waals surface area contributed by atoms with Crippen LogP contribution in [0, 0.1) is 0 Å². The van der Waals surface area contributed by atoms with Crippen LogP contribution < -0.4 is 5.32 Å². The van der Waals surface area contributed by atoms with Gasteiger partial charge in [0.1, 0.15) is 6.33 Å². The van der Waals surface area contributed by atoms with E-state index in [9.17, 15) is 0 Å². The molecule has 0 aliphatic rings. The molecule has 0 fully saturated rings. The number of nitrogens with one attached hydrogen (secondary N) is 1. The van der Waals surface area contributed by atoms with Crippen molar-refractivity contribution in [3.8, 4) is 0 Å². The minimum atomic E-state index is 0.926. The molecule has 0 bridgehead atoms. The average molecular weight is 333 g/mol. The van der Waals surface area contributed by atoms with Crippen molar-refractivity contribution in [2.24, 2.45) is 7.05 Å². The highest BCUT2D eigenvalue weighted by atomic mass is 79.9. The normalized spacial score (nSPS) is 10.9. The average Bonchev–Trinajstić information content (AvgIpc) is 2.88. The summed E-state index contributed by atoms with van der Waals surface area (Å²) >= 11 is 6.93. The van der Waals surface area contributed by atoms with E-state index in [4.69, 9.17) is 0 Å². The fourth-order valence-electron chi connectivity index (χ4n) is 1.28. The highest BCUT2D eigenvalue weighted by Crippen LogP contribution is 2.19. The van der Waals surface area contributed by atoms with Crippen LogP contribution in [0.25, 0.3) is 0 Å². The number of aromatic nitrogens is 3. The van der Waals surface area contributed by atoms with Gasteiger partial charge >= 0.3 is 0 Å². The molecular weight excluding hydrogens is 320 g/mol. The second-order valence-corrected chi connectivity index (χ2v) is 6.45. The van der Waals surface area contributed by atoms with Gasteiger partial charge < -0.3 is 9.88 Å². The lowest BCUT2D eigenvalue weighted by atomic mass is 10.4. The quantitative estimate of drug-likeness (QED) is 0.652. The second kappa shape index (κ2) is 6.53. The first-order valence-electron chi connectivity index (χ1n) is 5.16. The molecule has 2 aromatic rings. The number of thiophene rings is 1. The summed E-state index contributed by atoms with van der Waals surface area (Å²) in [4.78, 5) is 1.35. The molecule has 2 aromatic heterocycles. The SMILES string of the molecule is Cn1cnnc1SCCNCc1cc(Br)cs1. The van der Waals surface area contributed by atoms with E-state index < -0.39 is 0 Å². The molecule has 0 spiro atoms. The first-order chi connectivity index (χ1) is 8.25. The number of halogens is 1. The van der Waals surface area contributed by atoms with E-state index >= 15 is 0 Å². The molecule has 92 valence electrons. The summed E-state index contributed by atoms with van der Waals surface area (Å²) in [6.07, 6.45) is 1.72. The van der Waals surface area contributed by atoms with Crippen LogP contribution >= 0.6 is 39.0 Å². The van der Waals surface area contributed by atoms with E-state index in [0.717, 1.165) is 28.5 Å². The molecule has 0 amide bonds. The highest BCUT2D eigenvalue weighted by molar-refractivity contribution is 9.10. The first kappa shape index (κ1) is 13.1. The maximum Gasteiger partial charge on any atom is 0.190 e. The van der Waals surface area contributed by atoms with Gasteiger partial charge in [0.05, 0.1) is 0 Å². The van der Waals surface area contributed by atoms with Crippen LogP contribution in [0.2, 0.25) is 0 Å². The van der Waals surface area contributed by atoms with Crippen LogP contribution in [-0.2, 0) is 13.6 Å². The molecule has 0 aliphatic heterocycles. The third-order valence-corrected chi connectivity index (χ3v) is 4.83. The van der Waals surface area contributed by atoms with Gasteiger partial charge in [-0.15, -0.1) is 21.5 Å². The first-order valence-corrected chi connectivity index (χ1v) is 7.82. The monoisotopic (exact) mass is 332 g/mol. The number of aryl methyl sites for hydroxylation is 1. The molecule has 17 heavy (non-hydrogen) atoms. The zero-order valence-corrected chi connectivity index (χ0v) is 12.6. The molecule has 0 atom stereocenters. The Hall–Kier alpha value is -0.370. The summed E-state index contributed by atoms with van der Waals surface area (Å²) in [5.41, 5.74) is 0. The molecule has 0 unspecified atom stereocenters. The third-order valence-electron chi connectivity index (χ3n) is 2.10. The summed E-state index contributed by atoms with van der Waals surface area (Å²) in [7, 11) is 1.96. The van der Waals surface area contributed by atoms with Crippen molar-refractivity contribution in [1.82, 2.24) is 20.1 Å². The Balaban J connectivity index is 1.62. The minimum Gasteiger partial charge on any atom is -0.312 e. The Morgan fingerprint density at radius 2 is 2.47 bits per heavy atom. The van der Waals surface area contributed by atoms with Crippen molar-refractivity contribution in [2.75, 3.05) is 12.3 Å². The second-order valence-electron chi connectivity index (χ2n) is 3.48.